The molecule has 2 saturated heterocycles. The van der Waals surface area contributed by atoms with Crippen molar-refractivity contribution >= 4 is 0 Å². The molecule has 0 aliphatic carbocycles. The van der Waals surface area contributed by atoms with Crippen molar-refractivity contribution in [3.05, 3.63) is 0 Å². The quantitative estimate of drug-likeness (QED) is 0.810. The van der Waals surface area contributed by atoms with Crippen molar-refractivity contribution in [1.82, 2.24) is 10.2 Å². The van der Waals surface area contributed by atoms with Crippen LogP contribution in [0.1, 0.15) is 59.3 Å². The van der Waals surface area contributed by atoms with Crippen LogP contribution in [0.3, 0.4) is 0 Å². The molecule has 0 aromatic carbocycles. The molecule has 0 saturated carbocycles. The summed E-state index contributed by atoms with van der Waals surface area (Å²) in [6.07, 6.45) is 8.30. The molecule has 2 bridgehead atoms. The highest BCUT2D eigenvalue weighted by Gasteiger charge is 2.36. The molecular formula is C15H30N2. The summed E-state index contributed by atoms with van der Waals surface area (Å²) in [6, 6.07) is 3.19. The maximum Gasteiger partial charge on any atom is 0.0110 e. The summed E-state index contributed by atoms with van der Waals surface area (Å²) in [6.45, 7) is 7.00. The lowest BCUT2D eigenvalue weighted by atomic mass is 9.81. The van der Waals surface area contributed by atoms with Crippen LogP contribution in [-0.4, -0.2) is 36.1 Å². The van der Waals surface area contributed by atoms with E-state index in [1.165, 1.54) is 38.5 Å². The second kappa shape index (κ2) is 5.71. The van der Waals surface area contributed by atoms with E-state index >= 15 is 0 Å². The second-order valence-corrected chi connectivity index (χ2v) is 6.50. The first-order valence-electron chi connectivity index (χ1n) is 7.59. The van der Waals surface area contributed by atoms with Crippen LogP contribution < -0.4 is 5.32 Å². The van der Waals surface area contributed by atoms with Gasteiger partial charge < -0.3 is 10.2 Å². The predicted molar refractivity (Wildman–Crippen MR) is 74.3 cm³/mol. The molecule has 0 spiro atoms. The van der Waals surface area contributed by atoms with E-state index in [0.29, 0.717) is 6.04 Å². The fourth-order valence-corrected chi connectivity index (χ4v) is 3.84. The minimum Gasteiger partial charge on any atom is -0.311 e. The first-order valence-corrected chi connectivity index (χ1v) is 7.59. The highest BCUT2D eigenvalue weighted by Crippen LogP contribution is 2.33. The summed E-state index contributed by atoms with van der Waals surface area (Å²) in [5.74, 6) is 0.763. The van der Waals surface area contributed by atoms with E-state index < -0.39 is 0 Å². The largest absolute Gasteiger partial charge is 0.311 e. The van der Waals surface area contributed by atoms with Crippen LogP contribution in [0, 0.1) is 5.92 Å². The van der Waals surface area contributed by atoms with Gasteiger partial charge in [-0.2, -0.15) is 0 Å². The van der Waals surface area contributed by atoms with Gasteiger partial charge in [0.05, 0.1) is 0 Å². The number of nitrogens with one attached hydrogen (secondary N) is 1. The number of piperidine rings is 2. The van der Waals surface area contributed by atoms with Crippen molar-refractivity contribution in [1.29, 1.82) is 0 Å². The van der Waals surface area contributed by atoms with Crippen molar-refractivity contribution in [3.8, 4) is 0 Å². The summed E-state index contributed by atoms with van der Waals surface area (Å²) < 4.78 is 0. The SMILES string of the molecule is CCC(NC1CC2CCCC(C1)N2C)C(C)C. The third-order valence-corrected chi connectivity index (χ3v) is 5.03. The minimum atomic E-state index is 0.712. The summed E-state index contributed by atoms with van der Waals surface area (Å²) in [4.78, 5) is 2.65. The van der Waals surface area contributed by atoms with Gasteiger partial charge in [-0.25, -0.2) is 0 Å². The zero-order valence-corrected chi connectivity index (χ0v) is 12.1. The fraction of sp³-hybridized carbons (Fsp3) is 1.00. The van der Waals surface area contributed by atoms with Crippen molar-refractivity contribution in [3.63, 3.8) is 0 Å². The summed E-state index contributed by atoms with van der Waals surface area (Å²) in [5, 5.41) is 3.93. The molecule has 2 heteroatoms. The molecule has 3 atom stereocenters. The zero-order chi connectivity index (χ0) is 12.4. The average Bonchev–Trinajstić information content (AvgIpc) is 2.26. The maximum absolute atomic E-state index is 3.93. The summed E-state index contributed by atoms with van der Waals surface area (Å²) in [5.41, 5.74) is 0. The van der Waals surface area contributed by atoms with Crippen LogP contribution in [0.5, 0.6) is 0 Å². The minimum absolute atomic E-state index is 0.712. The first-order chi connectivity index (χ1) is 8.11. The first kappa shape index (κ1) is 13.4. The van der Waals surface area contributed by atoms with Crippen molar-refractivity contribution in [2.24, 2.45) is 5.92 Å². The van der Waals surface area contributed by atoms with Crippen LogP contribution in [0.25, 0.3) is 0 Å². The molecule has 17 heavy (non-hydrogen) atoms. The van der Waals surface area contributed by atoms with E-state index in [4.69, 9.17) is 0 Å². The monoisotopic (exact) mass is 238 g/mol. The Morgan fingerprint density at radius 1 is 1.18 bits per heavy atom. The van der Waals surface area contributed by atoms with E-state index in [1.807, 2.05) is 0 Å². The van der Waals surface area contributed by atoms with Gasteiger partial charge in [0.25, 0.3) is 0 Å². The second-order valence-electron chi connectivity index (χ2n) is 6.50. The average molecular weight is 238 g/mol. The predicted octanol–water partition coefficient (Wildman–Crippen LogP) is 3.03. The molecule has 2 heterocycles. The Kier molecular flexibility index (Phi) is 4.48. The molecule has 0 amide bonds. The number of nitrogens with zero attached hydrogens (tertiary/aromatic N) is 1. The van der Waals surface area contributed by atoms with Gasteiger partial charge in [0.2, 0.25) is 0 Å². The molecule has 2 rings (SSSR count). The van der Waals surface area contributed by atoms with Crippen molar-refractivity contribution in [2.45, 2.75) is 83.5 Å². The molecule has 0 aromatic heterocycles. The molecule has 2 nitrogen and oxygen atoms in total. The Hall–Kier alpha value is -0.0800. The van der Waals surface area contributed by atoms with Crippen LogP contribution in [0.2, 0.25) is 0 Å². The van der Waals surface area contributed by atoms with E-state index in [2.05, 4.69) is 38.0 Å². The van der Waals surface area contributed by atoms with Gasteiger partial charge in [0.1, 0.15) is 0 Å². The number of rotatable bonds is 4. The van der Waals surface area contributed by atoms with Gasteiger partial charge in [0, 0.05) is 24.2 Å². The molecule has 3 unspecified atom stereocenters. The molecule has 2 aliphatic rings. The van der Waals surface area contributed by atoms with E-state index in [1.54, 1.807) is 0 Å². The van der Waals surface area contributed by atoms with Gasteiger partial charge >= 0.3 is 0 Å². The molecule has 100 valence electrons. The Morgan fingerprint density at radius 2 is 1.76 bits per heavy atom. The Morgan fingerprint density at radius 3 is 2.24 bits per heavy atom. The van der Waals surface area contributed by atoms with Gasteiger partial charge in [0.15, 0.2) is 0 Å². The molecule has 0 aromatic rings. The lowest BCUT2D eigenvalue weighted by Gasteiger charge is -2.48. The Balaban J connectivity index is 1.91. The molecule has 1 N–H and O–H groups in total. The van der Waals surface area contributed by atoms with Crippen LogP contribution in [0.15, 0.2) is 0 Å². The van der Waals surface area contributed by atoms with Crippen molar-refractivity contribution < 1.29 is 0 Å². The van der Waals surface area contributed by atoms with E-state index in [9.17, 15) is 0 Å². The third kappa shape index (κ3) is 3.03. The molecule has 2 aliphatic heterocycles. The molecule has 0 radical (unpaired) electrons. The topological polar surface area (TPSA) is 15.3 Å². The number of hydrogen-bond donors (Lipinski definition) is 1. The highest BCUT2D eigenvalue weighted by atomic mass is 15.2. The lowest BCUT2D eigenvalue weighted by molar-refractivity contribution is 0.0440. The lowest BCUT2D eigenvalue weighted by Crippen LogP contribution is -2.56. The number of fused-ring (bicyclic) bond motifs is 2. The van der Waals surface area contributed by atoms with Crippen LogP contribution in [-0.2, 0) is 0 Å². The Bertz CT molecular complexity index is 225. The van der Waals surface area contributed by atoms with Gasteiger partial charge in [-0.05, 0) is 45.1 Å². The van der Waals surface area contributed by atoms with Gasteiger partial charge in [-0.1, -0.05) is 27.2 Å². The highest BCUT2D eigenvalue weighted by molar-refractivity contribution is 4.94. The van der Waals surface area contributed by atoms with Gasteiger partial charge in [-0.15, -0.1) is 0 Å². The maximum atomic E-state index is 3.93. The summed E-state index contributed by atoms with van der Waals surface area (Å²) in [7, 11) is 2.34. The molecule has 2 fully saturated rings. The normalized spacial score (nSPS) is 36.2. The van der Waals surface area contributed by atoms with Crippen LogP contribution >= 0.6 is 0 Å². The van der Waals surface area contributed by atoms with Crippen LogP contribution in [0.4, 0.5) is 0 Å². The van der Waals surface area contributed by atoms with E-state index in [0.717, 1.165) is 24.0 Å². The fourth-order valence-electron chi connectivity index (χ4n) is 3.84. The van der Waals surface area contributed by atoms with Crippen molar-refractivity contribution in [2.75, 3.05) is 7.05 Å². The standard InChI is InChI=1S/C15H30N2/c1-5-15(11(2)3)16-12-9-13-7-6-8-14(10-12)17(13)4/h11-16H,5-10H2,1-4H3. The van der Waals surface area contributed by atoms with E-state index in [-0.39, 0.29) is 0 Å². The third-order valence-electron chi connectivity index (χ3n) is 5.03. The smallest absolute Gasteiger partial charge is 0.0110 e. The zero-order valence-electron chi connectivity index (χ0n) is 12.1. The number of hydrogen-bond acceptors (Lipinski definition) is 2. The van der Waals surface area contributed by atoms with Gasteiger partial charge in [-0.3, -0.25) is 0 Å². The Labute approximate surface area is 107 Å². The summed E-state index contributed by atoms with van der Waals surface area (Å²) >= 11 is 0. The molecular weight excluding hydrogens is 208 g/mol.